The molecule has 0 fully saturated rings. The van der Waals surface area contributed by atoms with Crippen LogP contribution in [0.1, 0.15) is 32.0 Å². The molecule has 0 amide bonds. The van der Waals surface area contributed by atoms with Crippen molar-refractivity contribution in [3.63, 3.8) is 0 Å². The minimum atomic E-state index is -0.135. The zero-order valence-corrected chi connectivity index (χ0v) is 12.2. The van der Waals surface area contributed by atoms with E-state index in [2.05, 4.69) is 15.9 Å². The average molecular weight is 323 g/mol. The van der Waals surface area contributed by atoms with Crippen molar-refractivity contribution in [2.75, 3.05) is 0 Å². The molecular formula is C14H11BrO2S. The summed E-state index contributed by atoms with van der Waals surface area (Å²) in [6.07, 6.45) is -0.0734. The summed E-state index contributed by atoms with van der Waals surface area (Å²) in [5, 5.41) is 0. The van der Waals surface area contributed by atoms with Gasteiger partial charge >= 0.3 is 0 Å². The topological polar surface area (TPSA) is 34.1 Å². The second kappa shape index (κ2) is 5.59. The quantitative estimate of drug-likeness (QED) is 0.622. The molecule has 0 spiro atoms. The van der Waals surface area contributed by atoms with E-state index in [-0.39, 0.29) is 18.0 Å². The van der Waals surface area contributed by atoms with Crippen molar-refractivity contribution in [3.8, 4) is 0 Å². The van der Waals surface area contributed by atoms with E-state index in [0.29, 0.717) is 10.4 Å². The molecule has 1 aromatic heterocycles. The molecule has 2 rings (SSSR count). The van der Waals surface area contributed by atoms with Crippen LogP contribution >= 0.6 is 27.3 Å². The van der Waals surface area contributed by atoms with Crippen molar-refractivity contribution in [1.82, 2.24) is 0 Å². The molecule has 0 aliphatic rings. The van der Waals surface area contributed by atoms with Crippen LogP contribution in [0.25, 0.3) is 0 Å². The largest absolute Gasteiger partial charge is 0.294 e. The van der Waals surface area contributed by atoms with E-state index in [1.807, 2.05) is 25.1 Å². The lowest BCUT2D eigenvalue weighted by atomic mass is 10.0. The maximum atomic E-state index is 11.9. The molecule has 0 bridgehead atoms. The summed E-state index contributed by atoms with van der Waals surface area (Å²) in [6.45, 7) is 1.96. The molecule has 0 atom stereocenters. The van der Waals surface area contributed by atoms with Gasteiger partial charge in [0.2, 0.25) is 0 Å². The number of aryl methyl sites for hydroxylation is 1. The summed E-state index contributed by atoms with van der Waals surface area (Å²) in [5.74, 6) is -0.263. The summed E-state index contributed by atoms with van der Waals surface area (Å²) in [7, 11) is 0. The van der Waals surface area contributed by atoms with E-state index in [1.165, 1.54) is 11.3 Å². The molecule has 0 saturated heterocycles. The minimum Gasteiger partial charge on any atom is -0.294 e. The van der Waals surface area contributed by atoms with Gasteiger partial charge in [0, 0.05) is 5.56 Å². The van der Waals surface area contributed by atoms with E-state index in [9.17, 15) is 9.59 Å². The third-order valence-electron chi connectivity index (χ3n) is 2.54. The van der Waals surface area contributed by atoms with Crippen LogP contribution in [-0.4, -0.2) is 11.6 Å². The number of thiophene rings is 1. The fourth-order valence-electron chi connectivity index (χ4n) is 1.54. The molecule has 2 nitrogen and oxygen atoms in total. The van der Waals surface area contributed by atoms with Gasteiger partial charge in [-0.2, -0.15) is 0 Å². The predicted molar refractivity (Wildman–Crippen MR) is 76.5 cm³/mol. The Labute approximate surface area is 118 Å². The Morgan fingerprint density at radius 3 is 2.28 bits per heavy atom. The fraction of sp³-hybridized carbons (Fsp3) is 0.143. The molecule has 0 unspecified atom stereocenters. The van der Waals surface area contributed by atoms with Gasteiger partial charge in [-0.05, 0) is 35.0 Å². The predicted octanol–water partition coefficient (Wildman–Crippen LogP) is 4.27. The van der Waals surface area contributed by atoms with Crippen LogP contribution in [0.3, 0.4) is 0 Å². The molecule has 4 heteroatoms. The smallest absolute Gasteiger partial charge is 0.180 e. The van der Waals surface area contributed by atoms with Crippen LogP contribution in [0.4, 0.5) is 0 Å². The van der Waals surface area contributed by atoms with E-state index in [1.54, 1.807) is 18.2 Å². The number of halogens is 1. The fourth-order valence-corrected chi connectivity index (χ4v) is 2.86. The molecule has 0 N–H and O–H groups in total. The molecule has 2 aromatic rings. The lowest BCUT2D eigenvalue weighted by Crippen LogP contribution is -2.07. The first kappa shape index (κ1) is 13.2. The standard InChI is InChI=1S/C14H11BrO2S/c1-9-2-4-10(5-3-9)11(16)8-12(17)13-6-7-14(15)18-13/h2-7H,8H2,1H3. The Kier molecular flexibility index (Phi) is 4.09. The maximum absolute atomic E-state index is 11.9. The Hall–Kier alpha value is -1.26. The lowest BCUT2D eigenvalue weighted by Gasteiger charge is -2.00. The number of carbonyl (C=O) groups excluding carboxylic acids is 2. The third-order valence-corrected chi connectivity index (χ3v) is 4.21. The SMILES string of the molecule is Cc1ccc(C(=O)CC(=O)c2ccc(Br)s2)cc1. The van der Waals surface area contributed by atoms with Crippen LogP contribution in [0.2, 0.25) is 0 Å². The highest BCUT2D eigenvalue weighted by Gasteiger charge is 2.15. The molecule has 92 valence electrons. The molecule has 1 heterocycles. The van der Waals surface area contributed by atoms with Gasteiger partial charge in [-0.15, -0.1) is 11.3 Å². The number of hydrogen-bond acceptors (Lipinski definition) is 3. The monoisotopic (exact) mass is 322 g/mol. The lowest BCUT2D eigenvalue weighted by molar-refractivity contribution is 0.0896. The second-order valence-electron chi connectivity index (χ2n) is 3.99. The molecule has 18 heavy (non-hydrogen) atoms. The number of hydrogen-bond donors (Lipinski definition) is 0. The van der Waals surface area contributed by atoms with Crippen molar-refractivity contribution in [2.24, 2.45) is 0 Å². The number of rotatable bonds is 4. The van der Waals surface area contributed by atoms with Crippen molar-refractivity contribution >= 4 is 38.8 Å². The van der Waals surface area contributed by atoms with Gasteiger partial charge in [0.25, 0.3) is 0 Å². The Bertz CT molecular complexity index is 584. The average Bonchev–Trinajstić information content (AvgIpc) is 2.76. The van der Waals surface area contributed by atoms with Crippen LogP contribution in [-0.2, 0) is 0 Å². The molecule has 0 saturated carbocycles. The summed E-state index contributed by atoms with van der Waals surface area (Å²) in [5.41, 5.74) is 1.68. The molecule has 1 aromatic carbocycles. The van der Waals surface area contributed by atoms with Gasteiger partial charge in [0.15, 0.2) is 11.6 Å². The van der Waals surface area contributed by atoms with E-state index in [0.717, 1.165) is 9.35 Å². The maximum Gasteiger partial charge on any atom is 0.180 e. The van der Waals surface area contributed by atoms with Crippen LogP contribution in [0.5, 0.6) is 0 Å². The van der Waals surface area contributed by atoms with Gasteiger partial charge in [-0.3, -0.25) is 9.59 Å². The summed E-state index contributed by atoms with van der Waals surface area (Å²) >= 11 is 4.65. The van der Waals surface area contributed by atoms with Gasteiger partial charge in [-0.1, -0.05) is 29.8 Å². The van der Waals surface area contributed by atoms with Crippen molar-refractivity contribution in [2.45, 2.75) is 13.3 Å². The summed E-state index contributed by atoms with van der Waals surface area (Å²) in [4.78, 5) is 24.4. The Morgan fingerprint density at radius 1 is 1.06 bits per heavy atom. The van der Waals surface area contributed by atoms with Gasteiger partial charge in [-0.25, -0.2) is 0 Å². The van der Waals surface area contributed by atoms with Crippen molar-refractivity contribution < 1.29 is 9.59 Å². The Morgan fingerprint density at radius 2 is 1.72 bits per heavy atom. The zero-order valence-electron chi connectivity index (χ0n) is 9.77. The first-order valence-corrected chi connectivity index (χ1v) is 7.05. The van der Waals surface area contributed by atoms with E-state index >= 15 is 0 Å². The summed E-state index contributed by atoms with van der Waals surface area (Å²) < 4.78 is 0.897. The van der Waals surface area contributed by atoms with Crippen LogP contribution < -0.4 is 0 Å². The normalized spacial score (nSPS) is 10.3. The zero-order chi connectivity index (χ0) is 13.1. The van der Waals surface area contributed by atoms with Crippen LogP contribution in [0.15, 0.2) is 40.2 Å². The number of ketones is 2. The van der Waals surface area contributed by atoms with Gasteiger partial charge < -0.3 is 0 Å². The second-order valence-corrected chi connectivity index (χ2v) is 6.46. The van der Waals surface area contributed by atoms with Crippen LogP contribution in [0, 0.1) is 6.92 Å². The highest BCUT2D eigenvalue weighted by molar-refractivity contribution is 9.11. The Balaban J connectivity index is 2.08. The minimum absolute atomic E-state index is 0.0734. The van der Waals surface area contributed by atoms with Crippen molar-refractivity contribution in [3.05, 3.63) is 56.2 Å². The third kappa shape index (κ3) is 3.15. The number of carbonyl (C=O) groups is 2. The van der Waals surface area contributed by atoms with E-state index < -0.39 is 0 Å². The molecule has 0 aliphatic carbocycles. The number of Topliss-reactive ketones (excluding diaryl/α,β-unsaturated/α-hetero) is 2. The van der Waals surface area contributed by atoms with E-state index in [4.69, 9.17) is 0 Å². The summed E-state index contributed by atoms with van der Waals surface area (Å²) in [6, 6.07) is 10.8. The first-order chi connectivity index (χ1) is 8.56. The van der Waals surface area contributed by atoms with Gasteiger partial charge in [0.05, 0.1) is 15.1 Å². The molecule has 0 radical (unpaired) electrons. The highest BCUT2D eigenvalue weighted by atomic mass is 79.9. The molecular weight excluding hydrogens is 312 g/mol. The van der Waals surface area contributed by atoms with Crippen molar-refractivity contribution in [1.29, 1.82) is 0 Å². The first-order valence-electron chi connectivity index (χ1n) is 5.44. The molecule has 0 aliphatic heterocycles. The highest BCUT2D eigenvalue weighted by Crippen LogP contribution is 2.23. The van der Waals surface area contributed by atoms with Gasteiger partial charge in [0.1, 0.15) is 0 Å². The number of benzene rings is 1.